The van der Waals surface area contributed by atoms with Crippen molar-refractivity contribution in [1.82, 2.24) is 0 Å². The van der Waals surface area contributed by atoms with Crippen LogP contribution in [0.5, 0.6) is 0 Å². The Morgan fingerprint density at radius 2 is 1.93 bits per heavy atom. The van der Waals surface area contributed by atoms with Gasteiger partial charge in [-0.2, -0.15) is 0 Å². The molecule has 0 atom stereocenters. The summed E-state index contributed by atoms with van der Waals surface area (Å²) in [5.74, 6) is -0.564. The van der Waals surface area contributed by atoms with Crippen molar-refractivity contribution < 1.29 is 4.79 Å². The third-order valence-electron chi connectivity index (χ3n) is 1.82. The van der Waals surface area contributed by atoms with Gasteiger partial charge in [-0.15, -0.1) is 12.6 Å². The number of nitrogens with two attached hydrogens (primary N) is 2. The highest BCUT2D eigenvalue weighted by Crippen LogP contribution is 2.14. The van der Waals surface area contributed by atoms with Gasteiger partial charge in [-0.25, -0.2) is 0 Å². The average Bonchev–Trinajstić information content (AvgIpc) is 2.19. The van der Waals surface area contributed by atoms with E-state index in [0.29, 0.717) is 5.03 Å². The molecule has 80 valence electrons. The van der Waals surface area contributed by atoms with Crippen LogP contribution >= 0.6 is 12.6 Å². The fourth-order valence-corrected chi connectivity index (χ4v) is 1.38. The number of para-hydroxylation sites is 1. The van der Waals surface area contributed by atoms with Crippen LogP contribution in [0.2, 0.25) is 0 Å². The minimum atomic E-state index is -0.564. The number of carbonyl (C=O) groups excluding carboxylic acids is 1. The van der Waals surface area contributed by atoms with Crippen molar-refractivity contribution in [3.63, 3.8) is 0 Å². The molecular weight excluding hydrogens is 210 g/mol. The van der Waals surface area contributed by atoms with Gasteiger partial charge in [0.05, 0.1) is 10.6 Å². The first-order chi connectivity index (χ1) is 7.15. The number of hydrogen-bond acceptors (Lipinski definition) is 4. The van der Waals surface area contributed by atoms with Crippen LogP contribution in [0.15, 0.2) is 40.9 Å². The molecule has 0 bridgehead atoms. The maximum atomic E-state index is 11.0. The maximum Gasteiger partial charge on any atom is 0.248 e. The first-order valence-electron chi connectivity index (χ1n) is 4.39. The molecule has 1 rings (SSSR count). The van der Waals surface area contributed by atoms with Gasteiger partial charge >= 0.3 is 0 Å². The van der Waals surface area contributed by atoms with Crippen molar-refractivity contribution in [2.24, 2.45) is 11.5 Å². The molecule has 0 unspecified atom stereocenters. The SMILES string of the molecule is NC/C(C(N)=O)=C(\S)Nc1ccccc1. The van der Waals surface area contributed by atoms with Crippen LogP contribution in [-0.2, 0) is 4.79 Å². The fraction of sp³-hybridized carbons (Fsp3) is 0.100. The summed E-state index contributed by atoms with van der Waals surface area (Å²) in [6.45, 7) is 0.0635. The molecule has 0 spiro atoms. The summed E-state index contributed by atoms with van der Waals surface area (Å²) in [6, 6.07) is 9.34. The zero-order valence-electron chi connectivity index (χ0n) is 8.10. The number of thiol groups is 1. The standard InChI is InChI=1S/C10H13N3OS/c11-6-8(9(12)14)10(15)13-7-4-2-1-3-5-7/h1-5,13,15H,6,11H2,(H2,12,14)/b10-8+. The summed E-state index contributed by atoms with van der Waals surface area (Å²) >= 11 is 4.14. The summed E-state index contributed by atoms with van der Waals surface area (Å²) in [4.78, 5) is 11.0. The van der Waals surface area contributed by atoms with E-state index in [9.17, 15) is 4.79 Å². The van der Waals surface area contributed by atoms with Crippen LogP contribution < -0.4 is 16.8 Å². The zero-order chi connectivity index (χ0) is 11.3. The van der Waals surface area contributed by atoms with Gasteiger partial charge in [0.1, 0.15) is 0 Å². The van der Waals surface area contributed by atoms with Gasteiger partial charge in [0.15, 0.2) is 0 Å². The average molecular weight is 223 g/mol. The quantitative estimate of drug-likeness (QED) is 0.447. The van der Waals surface area contributed by atoms with Crippen molar-refractivity contribution in [2.45, 2.75) is 0 Å². The van der Waals surface area contributed by atoms with Crippen LogP contribution in [0.4, 0.5) is 5.69 Å². The van der Waals surface area contributed by atoms with Gasteiger partial charge in [0.25, 0.3) is 0 Å². The second-order valence-corrected chi connectivity index (χ2v) is 3.33. The number of amides is 1. The molecule has 0 heterocycles. The summed E-state index contributed by atoms with van der Waals surface area (Å²) in [5.41, 5.74) is 11.6. The number of carbonyl (C=O) groups is 1. The second-order valence-electron chi connectivity index (χ2n) is 2.89. The molecule has 0 fully saturated rings. The molecule has 1 aromatic rings. The molecule has 1 amide bonds. The van der Waals surface area contributed by atoms with E-state index in [2.05, 4.69) is 17.9 Å². The van der Waals surface area contributed by atoms with Crippen molar-refractivity contribution in [1.29, 1.82) is 0 Å². The van der Waals surface area contributed by atoms with Crippen LogP contribution in [0, 0.1) is 0 Å². The topological polar surface area (TPSA) is 81.1 Å². The highest BCUT2D eigenvalue weighted by atomic mass is 32.1. The Hall–Kier alpha value is -1.46. The van der Waals surface area contributed by atoms with Gasteiger partial charge in [0, 0.05) is 12.2 Å². The lowest BCUT2D eigenvalue weighted by Gasteiger charge is -2.09. The van der Waals surface area contributed by atoms with Crippen LogP contribution in [-0.4, -0.2) is 12.5 Å². The van der Waals surface area contributed by atoms with Gasteiger partial charge in [0.2, 0.25) is 5.91 Å². The molecular formula is C10H13N3OS. The molecule has 0 aliphatic rings. The molecule has 0 radical (unpaired) electrons. The predicted octanol–water partition coefficient (Wildman–Crippen LogP) is 0.684. The van der Waals surface area contributed by atoms with E-state index in [1.54, 1.807) is 0 Å². The van der Waals surface area contributed by atoms with E-state index in [1.807, 2.05) is 30.3 Å². The molecule has 0 aromatic heterocycles. The molecule has 0 aliphatic carbocycles. The lowest BCUT2D eigenvalue weighted by atomic mass is 10.2. The molecule has 1 aromatic carbocycles. The summed E-state index contributed by atoms with van der Waals surface area (Å²) in [6.07, 6.45) is 0. The number of benzene rings is 1. The third kappa shape index (κ3) is 3.30. The van der Waals surface area contributed by atoms with Gasteiger partial charge in [-0.1, -0.05) is 18.2 Å². The Morgan fingerprint density at radius 3 is 2.40 bits per heavy atom. The van der Waals surface area contributed by atoms with Crippen molar-refractivity contribution in [3.8, 4) is 0 Å². The third-order valence-corrected chi connectivity index (χ3v) is 2.21. The maximum absolute atomic E-state index is 11.0. The highest BCUT2D eigenvalue weighted by molar-refractivity contribution is 7.84. The number of rotatable bonds is 4. The molecule has 5 heteroatoms. The Morgan fingerprint density at radius 1 is 1.33 bits per heavy atom. The van der Waals surface area contributed by atoms with Crippen LogP contribution in [0.25, 0.3) is 0 Å². The van der Waals surface area contributed by atoms with Crippen LogP contribution in [0.1, 0.15) is 0 Å². The number of nitrogens with one attached hydrogen (secondary N) is 1. The van der Waals surface area contributed by atoms with E-state index in [-0.39, 0.29) is 12.1 Å². The normalized spacial score (nSPS) is 11.9. The lowest BCUT2D eigenvalue weighted by Crippen LogP contribution is -2.23. The predicted molar refractivity (Wildman–Crippen MR) is 64.3 cm³/mol. The monoisotopic (exact) mass is 223 g/mol. The molecule has 4 nitrogen and oxygen atoms in total. The smallest absolute Gasteiger partial charge is 0.248 e. The molecule has 0 saturated heterocycles. The number of hydrogen-bond donors (Lipinski definition) is 4. The highest BCUT2D eigenvalue weighted by Gasteiger charge is 2.07. The van der Waals surface area contributed by atoms with Gasteiger partial charge in [-0.05, 0) is 12.1 Å². The largest absolute Gasteiger partial charge is 0.366 e. The first-order valence-corrected chi connectivity index (χ1v) is 4.84. The van der Waals surface area contributed by atoms with E-state index in [4.69, 9.17) is 11.5 Å². The molecule has 5 N–H and O–H groups in total. The lowest BCUT2D eigenvalue weighted by molar-refractivity contribution is -0.114. The molecule has 0 saturated carbocycles. The van der Waals surface area contributed by atoms with E-state index < -0.39 is 5.91 Å². The van der Waals surface area contributed by atoms with Gasteiger partial charge < -0.3 is 16.8 Å². The van der Waals surface area contributed by atoms with Gasteiger partial charge in [-0.3, -0.25) is 4.79 Å². The Bertz CT molecular complexity index is 376. The Labute approximate surface area is 93.7 Å². The number of primary amides is 1. The summed E-state index contributed by atoms with van der Waals surface area (Å²) < 4.78 is 0. The number of anilines is 1. The van der Waals surface area contributed by atoms with E-state index in [0.717, 1.165) is 5.69 Å². The second kappa shape index (κ2) is 5.43. The zero-order valence-corrected chi connectivity index (χ0v) is 9.00. The van der Waals surface area contributed by atoms with E-state index in [1.165, 1.54) is 0 Å². The summed E-state index contributed by atoms with van der Waals surface area (Å²) in [5, 5.41) is 3.32. The summed E-state index contributed by atoms with van der Waals surface area (Å²) in [7, 11) is 0. The first kappa shape index (κ1) is 11.6. The van der Waals surface area contributed by atoms with Crippen LogP contribution in [0.3, 0.4) is 0 Å². The fourth-order valence-electron chi connectivity index (χ4n) is 1.05. The Balaban J connectivity index is 2.86. The Kier molecular flexibility index (Phi) is 4.20. The molecule has 15 heavy (non-hydrogen) atoms. The van der Waals surface area contributed by atoms with E-state index >= 15 is 0 Å². The molecule has 0 aliphatic heterocycles. The van der Waals surface area contributed by atoms with Crippen molar-refractivity contribution >= 4 is 24.2 Å². The minimum Gasteiger partial charge on any atom is -0.366 e. The minimum absolute atomic E-state index is 0.0635. The van der Waals surface area contributed by atoms with Crippen molar-refractivity contribution in [2.75, 3.05) is 11.9 Å². The van der Waals surface area contributed by atoms with Crippen molar-refractivity contribution in [3.05, 3.63) is 40.9 Å².